The molecule has 2 aromatic carbocycles. The summed E-state index contributed by atoms with van der Waals surface area (Å²) in [6.45, 7) is 0. The highest BCUT2D eigenvalue weighted by atomic mass is 19.1. The molecule has 1 atom stereocenters. The van der Waals surface area contributed by atoms with Crippen molar-refractivity contribution in [2.24, 2.45) is 5.41 Å². The van der Waals surface area contributed by atoms with Crippen molar-refractivity contribution in [3.8, 4) is 17.2 Å². The number of rotatable bonds is 1. The fraction of sp³-hybridized carbons (Fsp3) is 0.238. The summed E-state index contributed by atoms with van der Waals surface area (Å²) < 4.78 is 13.4. The zero-order valence-corrected chi connectivity index (χ0v) is 13.2. The molecule has 2 aliphatic rings. The summed E-state index contributed by atoms with van der Waals surface area (Å²) in [5.41, 5.74) is 3.82. The molecule has 0 fully saturated rings. The minimum Gasteiger partial charge on any atom is -0.294 e. The Bertz CT molecular complexity index is 922. The predicted molar refractivity (Wildman–Crippen MR) is 90.1 cm³/mol. The Morgan fingerprint density at radius 2 is 1.96 bits per heavy atom. The molecule has 0 amide bonds. The number of ketones is 1. The summed E-state index contributed by atoms with van der Waals surface area (Å²) in [5.74, 6) is 0.0397. The van der Waals surface area contributed by atoms with Crippen molar-refractivity contribution >= 4 is 5.78 Å². The quantitative estimate of drug-likeness (QED) is 0.743. The molecule has 2 aromatic rings. The van der Waals surface area contributed by atoms with Crippen molar-refractivity contribution in [3.63, 3.8) is 0 Å². The highest BCUT2D eigenvalue weighted by Gasteiger charge is 2.45. The second kappa shape index (κ2) is 5.42. The number of nitrogens with zero attached hydrogens (tertiary/aromatic N) is 1. The number of benzene rings is 2. The van der Waals surface area contributed by atoms with Gasteiger partial charge in [0.15, 0.2) is 5.78 Å². The van der Waals surface area contributed by atoms with Gasteiger partial charge in [0.25, 0.3) is 0 Å². The molecule has 1 unspecified atom stereocenters. The van der Waals surface area contributed by atoms with Crippen LogP contribution in [0.3, 0.4) is 0 Å². The standard InChI is InChI=1S/C21H16FNO/c22-18-6-8-21(9-7-18)12-17-5-4-16(11-19(17)20(21)24)15-3-1-2-14(10-15)13-23/h1-6,10-11H,7-9,12H2. The van der Waals surface area contributed by atoms with Gasteiger partial charge in [-0.25, -0.2) is 4.39 Å². The van der Waals surface area contributed by atoms with Crippen LogP contribution in [0, 0.1) is 16.7 Å². The van der Waals surface area contributed by atoms with Crippen molar-refractivity contribution < 1.29 is 9.18 Å². The van der Waals surface area contributed by atoms with Crippen LogP contribution in [0.5, 0.6) is 0 Å². The number of Topliss-reactive ketones (excluding diaryl/α,β-unsaturated/α-hetero) is 1. The summed E-state index contributed by atoms with van der Waals surface area (Å²) >= 11 is 0. The number of halogens is 1. The van der Waals surface area contributed by atoms with Crippen LogP contribution in [0.4, 0.5) is 4.39 Å². The van der Waals surface area contributed by atoms with Gasteiger partial charge in [0.2, 0.25) is 0 Å². The lowest BCUT2D eigenvalue weighted by Gasteiger charge is -2.28. The Balaban J connectivity index is 1.73. The normalized spacial score (nSPS) is 22.2. The fourth-order valence-electron chi connectivity index (χ4n) is 3.86. The van der Waals surface area contributed by atoms with E-state index in [4.69, 9.17) is 5.26 Å². The third-order valence-corrected chi connectivity index (χ3v) is 5.25. The van der Waals surface area contributed by atoms with E-state index in [2.05, 4.69) is 6.07 Å². The van der Waals surface area contributed by atoms with Crippen molar-refractivity contribution in [1.82, 2.24) is 0 Å². The highest BCUT2D eigenvalue weighted by Crippen LogP contribution is 2.47. The van der Waals surface area contributed by atoms with E-state index in [1.807, 2.05) is 36.4 Å². The molecule has 0 aromatic heterocycles. The molecule has 0 N–H and O–H groups in total. The largest absolute Gasteiger partial charge is 0.294 e. The summed E-state index contributed by atoms with van der Waals surface area (Å²) in [5, 5.41) is 9.05. The lowest BCUT2D eigenvalue weighted by atomic mass is 9.73. The lowest BCUT2D eigenvalue weighted by Crippen LogP contribution is -2.29. The Morgan fingerprint density at radius 3 is 2.71 bits per heavy atom. The average molecular weight is 317 g/mol. The van der Waals surface area contributed by atoms with Crippen LogP contribution in [-0.2, 0) is 6.42 Å². The molecule has 1 spiro atoms. The van der Waals surface area contributed by atoms with Crippen LogP contribution in [0.25, 0.3) is 11.1 Å². The zero-order chi connectivity index (χ0) is 16.7. The Labute approximate surface area is 140 Å². The van der Waals surface area contributed by atoms with Gasteiger partial charge in [0, 0.05) is 11.0 Å². The second-order valence-corrected chi connectivity index (χ2v) is 6.71. The molecular formula is C21H16FNO. The SMILES string of the molecule is N#Cc1cccc(-c2ccc3c(c2)C(=O)C2(CC=C(F)CC2)C3)c1. The van der Waals surface area contributed by atoms with Gasteiger partial charge >= 0.3 is 0 Å². The van der Waals surface area contributed by atoms with E-state index in [1.165, 1.54) is 0 Å². The van der Waals surface area contributed by atoms with Gasteiger partial charge in [-0.3, -0.25) is 4.79 Å². The Hall–Kier alpha value is -2.73. The van der Waals surface area contributed by atoms with E-state index in [0.717, 1.165) is 22.3 Å². The number of hydrogen-bond donors (Lipinski definition) is 0. The molecule has 0 saturated heterocycles. The van der Waals surface area contributed by atoms with Gasteiger partial charge in [-0.15, -0.1) is 0 Å². The maximum atomic E-state index is 13.4. The maximum Gasteiger partial charge on any atom is 0.169 e. The molecule has 2 aliphatic carbocycles. The monoisotopic (exact) mass is 317 g/mol. The van der Waals surface area contributed by atoms with Crippen LogP contribution >= 0.6 is 0 Å². The molecule has 0 bridgehead atoms. The van der Waals surface area contributed by atoms with Gasteiger partial charge in [0.1, 0.15) is 0 Å². The van der Waals surface area contributed by atoms with Crippen molar-refractivity contribution in [1.29, 1.82) is 5.26 Å². The average Bonchev–Trinajstić information content (AvgIpc) is 2.89. The first kappa shape index (κ1) is 14.8. The van der Waals surface area contributed by atoms with Crippen molar-refractivity contribution in [2.45, 2.75) is 25.7 Å². The highest BCUT2D eigenvalue weighted by molar-refractivity contribution is 6.06. The summed E-state index contributed by atoms with van der Waals surface area (Å²) in [7, 11) is 0. The van der Waals surface area contributed by atoms with Crippen LogP contribution < -0.4 is 0 Å². The summed E-state index contributed by atoms with van der Waals surface area (Å²) in [4.78, 5) is 13.0. The second-order valence-electron chi connectivity index (χ2n) is 6.71. The van der Waals surface area contributed by atoms with Gasteiger partial charge in [-0.05, 0) is 60.6 Å². The number of allylic oxidation sites excluding steroid dienone is 2. The number of carbonyl (C=O) groups excluding carboxylic acids is 1. The summed E-state index contributed by atoms with van der Waals surface area (Å²) in [6, 6.07) is 15.5. The van der Waals surface area contributed by atoms with Crippen LogP contribution in [-0.4, -0.2) is 5.78 Å². The molecular weight excluding hydrogens is 301 g/mol. The first-order valence-corrected chi connectivity index (χ1v) is 8.14. The molecule has 0 radical (unpaired) electrons. The molecule has 3 heteroatoms. The molecule has 0 aliphatic heterocycles. The third-order valence-electron chi connectivity index (χ3n) is 5.25. The van der Waals surface area contributed by atoms with E-state index in [0.29, 0.717) is 31.2 Å². The van der Waals surface area contributed by atoms with E-state index < -0.39 is 5.41 Å². The van der Waals surface area contributed by atoms with E-state index in [-0.39, 0.29) is 11.6 Å². The van der Waals surface area contributed by atoms with Crippen molar-refractivity contribution in [3.05, 3.63) is 71.1 Å². The smallest absolute Gasteiger partial charge is 0.169 e. The van der Waals surface area contributed by atoms with Crippen LogP contribution in [0.15, 0.2) is 54.4 Å². The first-order chi connectivity index (χ1) is 11.6. The first-order valence-electron chi connectivity index (χ1n) is 8.14. The molecule has 118 valence electrons. The summed E-state index contributed by atoms with van der Waals surface area (Å²) in [6.07, 6.45) is 3.71. The zero-order valence-electron chi connectivity index (χ0n) is 13.2. The van der Waals surface area contributed by atoms with Gasteiger partial charge in [0.05, 0.1) is 17.5 Å². The molecule has 2 nitrogen and oxygen atoms in total. The van der Waals surface area contributed by atoms with Crippen LogP contribution in [0.1, 0.15) is 40.7 Å². The maximum absolute atomic E-state index is 13.4. The Kier molecular flexibility index (Phi) is 3.35. The van der Waals surface area contributed by atoms with Crippen molar-refractivity contribution in [2.75, 3.05) is 0 Å². The number of nitriles is 1. The predicted octanol–water partition coefficient (Wildman–Crippen LogP) is 4.99. The molecule has 4 rings (SSSR count). The number of fused-ring (bicyclic) bond motifs is 1. The molecule has 0 saturated carbocycles. The molecule has 0 heterocycles. The lowest BCUT2D eigenvalue weighted by molar-refractivity contribution is 0.0795. The third kappa shape index (κ3) is 2.27. The van der Waals surface area contributed by atoms with Gasteiger partial charge in [-0.2, -0.15) is 5.26 Å². The fourth-order valence-corrected chi connectivity index (χ4v) is 3.86. The topological polar surface area (TPSA) is 40.9 Å². The Morgan fingerprint density at radius 1 is 1.12 bits per heavy atom. The number of hydrogen-bond acceptors (Lipinski definition) is 2. The van der Waals surface area contributed by atoms with E-state index >= 15 is 0 Å². The molecule has 24 heavy (non-hydrogen) atoms. The van der Waals surface area contributed by atoms with Gasteiger partial charge < -0.3 is 0 Å². The van der Waals surface area contributed by atoms with E-state index in [9.17, 15) is 9.18 Å². The minimum absolute atomic E-state index is 0.0987. The number of carbonyl (C=O) groups is 1. The van der Waals surface area contributed by atoms with E-state index in [1.54, 1.807) is 12.1 Å². The van der Waals surface area contributed by atoms with Gasteiger partial charge in [-0.1, -0.05) is 30.3 Å². The van der Waals surface area contributed by atoms with Crippen LogP contribution in [0.2, 0.25) is 0 Å². The minimum atomic E-state index is -0.453.